The summed E-state index contributed by atoms with van der Waals surface area (Å²) < 4.78 is 31.5. The molecule has 0 radical (unpaired) electrons. The number of nitrogens with zero attached hydrogens (tertiary/aromatic N) is 1. The van der Waals surface area contributed by atoms with Crippen LogP contribution in [0.2, 0.25) is 0 Å². The Hall–Kier alpha value is -2.18. The Morgan fingerprint density at radius 3 is 3.00 bits per heavy atom. The van der Waals surface area contributed by atoms with E-state index >= 15 is 0 Å². The SMILES string of the molecule is CCc1ccnc(C(Oc2c(F)cccc2OC)C2CNCCO2)c1. The van der Waals surface area contributed by atoms with Crippen LogP contribution in [0.25, 0.3) is 0 Å². The second-order valence-electron chi connectivity index (χ2n) is 5.87. The third kappa shape index (κ3) is 4.08. The maximum Gasteiger partial charge on any atom is 0.197 e. The van der Waals surface area contributed by atoms with Crippen molar-refractivity contribution in [3.8, 4) is 11.5 Å². The minimum absolute atomic E-state index is 0.0767. The number of nitrogens with one attached hydrogen (secondary N) is 1. The predicted molar refractivity (Wildman–Crippen MR) is 92.5 cm³/mol. The number of rotatable bonds is 6. The highest BCUT2D eigenvalue weighted by Gasteiger charge is 2.31. The summed E-state index contributed by atoms with van der Waals surface area (Å²) in [5, 5.41) is 3.28. The van der Waals surface area contributed by atoms with Gasteiger partial charge in [-0.3, -0.25) is 4.98 Å². The van der Waals surface area contributed by atoms with E-state index in [-0.39, 0.29) is 11.9 Å². The van der Waals surface area contributed by atoms with Gasteiger partial charge in [0.2, 0.25) is 0 Å². The molecular weight excluding hydrogens is 323 g/mol. The van der Waals surface area contributed by atoms with E-state index < -0.39 is 11.9 Å². The van der Waals surface area contributed by atoms with Crippen molar-refractivity contribution in [3.05, 3.63) is 53.6 Å². The summed E-state index contributed by atoms with van der Waals surface area (Å²) in [6.07, 6.45) is 1.83. The zero-order valence-corrected chi connectivity index (χ0v) is 14.5. The molecule has 2 unspecified atom stereocenters. The molecule has 1 N–H and O–H groups in total. The van der Waals surface area contributed by atoms with Gasteiger partial charge in [0.25, 0.3) is 0 Å². The molecule has 0 bridgehead atoms. The first-order valence-corrected chi connectivity index (χ1v) is 8.49. The highest BCUT2D eigenvalue weighted by atomic mass is 19.1. The van der Waals surface area contributed by atoms with Crippen molar-refractivity contribution < 1.29 is 18.6 Å². The molecule has 2 heterocycles. The smallest absolute Gasteiger partial charge is 0.197 e. The summed E-state index contributed by atoms with van der Waals surface area (Å²) in [6, 6.07) is 8.56. The number of halogens is 1. The van der Waals surface area contributed by atoms with Crippen molar-refractivity contribution in [2.75, 3.05) is 26.8 Å². The highest BCUT2D eigenvalue weighted by Crippen LogP contribution is 2.35. The van der Waals surface area contributed by atoms with Crippen LogP contribution in [0.5, 0.6) is 11.5 Å². The molecule has 5 nitrogen and oxygen atoms in total. The molecule has 1 fully saturated rings. The van der Waals surface area contributed by atoms with E-state index in [0.717, 1.165) is 24.2 Å². The van der Waals surface area contributed by atoms with Gasteiger partial charge in [-0.1, -0.05) is 13.0 Å². The lowest BCUT2D eigenvalue weighted by Gasteiger charge is -2.31. The normalized spacial score (nSPS) is 18.6. The van der Waals surface area contributed by atoms with E-state index in [4.69, 9.17) is 14.2 Å². The van der Waals surface area contributed by atoms with Gasteiger partial charge in [0.1, 0.15) is 6.10 Å². The van der Waals surface area contributed by atoms with Crippen molar-refractivity contribution >= 4 is 0 Å². The van der Waals surface area contributed by atoms with Crippen LogP contribution in [0.3, 0.4) is 0 Å². The van der Waals surface area contributed by atoms with Gasteiger partial charge < -0.3 is 19.5 Å². The highest BCUT2D eigenvalue weighted by molar-refractivity contribution is 5.41. The Balaban J connectivity index is 1.96. The molecular formula is C19H23FN2O3. The molecule has 3 rings (SSSR count). The number of benzene rings is 1. The maximum atomic E-state index is 14.3. The van der Waals surface area contributed by atoms with E-state index in [9.17, 15) is 4.39 Å². The largest absolute Gasteiger partial charge is 0.493 e. The van der Waals surface area contributed by atoms with E-state index in [2.05, 4.69) is 17.2 Å². The van der Waals surface area contributed by atoms with Gasteiger partial charge in [0.05, 0.1) is 19.4 Å². The molecule has 1 saturated heterocycles. The van der Waals surface area contributed by atoms with Crippen LogP contribution >= 0.6 is 0 Å². The first-order valence-electron chi connectivity index (χ1n) is 8.49. The van der Waals surface area contributed by atoms with Crippen molar-refractivity contribution in [2.24, 2.45) is 0 Å². The second-order valence-corrected chi connectivity index (χ2v) is 5.87. The summed E-state index contributed by atoms with van der Waals surface area (Å²) in [5.41, 5.74) is 1.86. The van der Waals surface area contributed by atoms with Gasteiger partial charge in [-0.15, -0.1) is 0 Å². The third-order valence-corrected chi connectivity index (χ3v) is 4.23. The minimum atomic E-state index is -0.537. The number of aromatic nitrogens is 1. The minimum Gasteiger partial charge on any atom is -0.493 e. The van der Waals surface area contributed by atoms with Crippen LogP contribution in [0, 0.1) is 5.82 Å². The summed E-state index contributed by atoms with van der Waals surface area (Å²) >= 11 is 0. The lowest BCUT2D eigenvalue weighted by Crippen LogP contribution is -2.43. The van der Waals surface area contributed by atoms with Crippen molar-refractivity contribution in [1.82, 2.24) is 10.3 Å². The zero-order valence-electron chi connectivity index (χ0n) is 14.5. The fourth-order valence-electron chi connectivity index (χ4n) is 2.87. The van der Waals surface area contributed by atoms with Gasteiger partial charge in [-0.25, -0.2) is 4.39 Å². The molecule has 134 valence electrons. The number of methoxy groups -OCH3 is 1. The van der Waals surface area contributed by atoms with Crippen molar-refractivity contribution in [2.45, 2.75) is 25.6 Å². The Labute approximate surface area is 147 Å². The van der Waals surface area contributed by atoms with E-state index in [1.165, 1.54) is 13.2 Å². The average molecular weight is 346 g/mol. The monoisotopic (exact) mass is 346 g/mol. The molecule has 0 aliphatic carbocycles. The summed E-state index contributed by atoms with van der Waals surface area (Å²) in [4.78, 5) is 4.45. The standard InChI is InChI=1S/C19H23FN2O3/c1-3-13-7-8-22-15(11-13)19(17-12-21-9-10-24-17)25-18-14(20)5-4-6-16(18)23-2/h4-8,11,17,19,21H,3,9-10,12H2,1-2H3. The Bertz CT molecular complexity index is 705. The summed E-state index contributed by atoms with van der Waals surface area (Å²) in [7, 11) is 1.49. The molecule has 1 aromatic heterocycles. The lowest BCUT2D eigenvalue weighted by atomic mass is 10.1. The number of para-hydroxylation sites is 1. The Kier molecular flexibility index (Phi) is 5.83. The van der Waals surface area contributed by atoms with Gasteiger partial charge >= 0.3 is 0 Å². The number of morpholine rings is 1. The summed E-state index contributed by atoms with van der Waals surface area (Å²) in [5.74, 6) is -0.0481. The molecule has 6 heteroatoms. The van der Waals surface area contributed by atoms with Crippen molar-refractivity contribution in [1.29, 1.82) is 0 Å². The van der Waals surface area contributed by atoms with E-state index in [0.29, 0.717) is 18.9 Å². The van der Waals surface area contributed by atoms with Crippen LogP contribution in [-0.4, -0.2) is 37.9 Å². The van der Waals surface area contributed by atoms with Crippen molar-refractivity contribution in [3.63, 3.8) is 0 Å². The topological polar surface area (TPSA) is 52.6 Å². The first-order chi connectivity index (χ1) is 12.2. The van der Waals surface area contributed by atoms with Gasteiger partial charge in [0.15, 0.2) is 23.4 Å². The van der Waals surface area contributed by atoms with Gasteiger partial charge in [0, 0.05) is 19.3 Å². The number of pyridine rings is 1. The van der Waals surface area contributed by atoms with Gasteiger partial charge in [-0.2, -0.15) is 0 Å². The third-order valence-electron chi connectivity index (χ3n) is 4.23. The molecule has 0 saturated carbocycles. The first kappa shape index (κ1) is 17.6. The number of ether oxygens (including phenoxy) is 3. The molecule has 2 atom stereocenters. The maximum absolute atomic E-state index is 14.3. The fourth-order valence-corrected chi connectivity index (χ4v) is 2.87. The summed E-state index contributed by atoms with van der Waals surface area (Å²) in [6.45, 7) is 4.05. The predicted octanol–water partition coefficient (Wildman–Crippen LogP) is 2.90. The molecule has 1 aromatic carbocycles. The Morgan fingerprint density at radius 1 is 1.40 bits per heavy atom. The van der Waals surface area contributed by atoms with Crippen LogP contribution in [-0.2, 0) is 11.2 Å². The zero-order chi connectivity index (χ0) is 17.6. The van der Waals surface area contributed by atoms with Gasteiger partial charge in [-0.05, 0) is 36.2 Å². The fraction of sp³-hybridized carbons (Fsp3) is 0.421. The van der Waals surface area contributed by atoms with Crippen LogP contribution < -0.4 is 14.8 Å². The molecule has 0 amide bonds. The van der Waals surface area contributed by atoms with Crippen LogP contribution in [0.1, 0.15) is 24.3 Å². The second kappa shape index (κ2) is 8.27. The van der Waals surface area contributed by atoms with Crippen LogP contribution in [0.4, 0.5) is 4.39 Å². The number of aryl methyl sites for hydroxylation is 1. The molecule has 0 spiro atoms. The van der Waals surface area contributed by atoms with E-state index in [1.54, 1.807) is 18.3 Å². The quantitative estimate of drug-likeness (QED) is 0.872. The van der Waals surface area contributed by atoms with E-state index in [1.807, 2.05) is 12.1 Å². The Morgan fingerprint density at radius 2 is 2.28 bits per heavy atom. The molecule has 1 aliphatic rings. The lowest BCUT2D eigenvalue weighted by molar-refractivity contribution is -0.0463. The van der Waals surface area contributed by atoms with Crippen LogP contribution in [0.15, 0.2) is 36.5 Å². The number of hydrogen-bond acceptors (Lipinski definition) is 5. The molecule has 1 aliphatic heterocycles. The molecule has 25 heavy (non-hydrogen) atoms. The average Bonchev–Trinajstić information content (AvgIpc) is 2.67. The molecule has 2 aromatic rings. The number of hydrogen-bond donors (Lipinski definition) is 1.